The quantitative estimate of drug-likeness (QED) is 0.884. The monoisotopic (exact) mass is 278 g/mol. The Morgan fingerprint density at radius 3 is 2.70 bits per heavy atom. The van der Waals surface area contributed by atoms with Crippen LogP contribution in [-0.4, -0.2) is 41.7 Å². The zero-order chi connectivity index (χ0) is 14.4. The Balaban J connectivity index is 1.93. The first kappa shape index (κ1) is 14.2. The van der Waals surface area contributed by atoms with Crippen molar-refractivity contribution < 1.29 is 19.4 Å². The number of carbonyl (C=O) groups is 2. The van der Waals surface area contributed by atoms with E-state index in [9.17, 15) is 9.59 Å². The SMILES string of the molecule is O=C(O)COc1cccc(NC(=O)N2CCCCC2)c1. The molecule has 6 nitrogen and oxygen atoms in total. The molecule has 1 saturated heterocycles. The van der Waals surface area contributed by atoms with Crippen LogP contribution in [0, 0.1) is 0 Å². The largest absolute Gasteiger partial charge is 0.482 e. The van der Waals surface area contributed by atoms with Crippen molar-refractivity contribution in [3.63, 3.8) is 0 Å². The molecular weight excluding hydrogens is 260 g/mol. The van der Waals surface area contributed by atoms with Crippen LogP contribution in [0.4, 0.5) is 10.5 Å². The lowest BCUT2D eigenvalue weighted by atomic mass is 10.1. The van der Waals surface area contributed by atoms with E-state index in [-0.39, 0.29) is 6.03 Å². The lowest BCUT2D eigenvalue weighted by Gasteiger charge is -2.26. The maximum atomic E-state index is 12.0. The normalized spacial score (nSPS) is 14.7. The number of carboxylic acid groups (broad SMARTS) is 1. The van der Waals surface area contributed by atoms with Crippen LogP contribution < -0.4 is 10.1 Å². The predicted molar refractivity (Wildman–Crippen MR) is 74.0 cm³/mol. The number of aliphatic carboxylic acids is 1. The number of urea groups is 1. The molecule has 0 unspecified atom stereocenters. The molecule has 1 aliphatic heterocycles. The van der Waals surface area contributed by atoms with Crippen molar-refractivity contribution in [2.75, 3.05) is 25.0 Å². The van der Waals surface area contributed by atoms with E-state index in [1.54, 1.807) is 29.2 Å². The summed E-state index contributed by atoms with van der Waals surface area (Å²) < 4.78 is 5.07. The Morgan fingerprint density at radius 2 is 2.00 bits per heavy atom. The number of benzene rings is 1. The number of piperidine rings is 1. The highest BCUT2D eigenvalue weighted by molar-refractivity contribution is 5.89. The van der Waals surface area contributed by atoms with Gasteiger partial charge in [0.25, 0.3) is 0 Å². The second-order valence-corrected chi connectivity index (χ2v) is 4.69. The van der Waals surface area contributed by atoms with Gasteiger partial charge in [0.1, 0.15) is 5.75 Å². The van der Waals surface area contributed by atoms with Crippen LogP contribution >= 0.6 is 0 Å². The minimum atomic E-state index is -1.03. The molecule has 0 radical (unpaired) electrons. The number of nitrogens with zero attached hydrogens (tertiary/aromatic N) is 1. The number of hydrogen-bond acceptors (Lipinski definition) is 3. The third-order valence-corrected chi connectivity index (χ3v) is 3.09. The Labute approximate surface area is 117 Å². The summed E-state index contributed by atoms with van der Waals surface area (Å²) in [6.07, 6.45) is 3.24. The van der Waals surface area contributed by atoms with Crippen LogP contribution in [0.5, 0.6) is 5.75 Å². The molecule has 2 amide bonds. The predicted octanol–water partition coefficient (Wildman–Crippen LogP) is 2.17. The Morgan fingerprint density at radius 1 is 1.25 bits per heavy atom. The van der Waals surface area contributed by atoms with E-state index in [1.807, 2.05) is 0 Å². The number of nitrogens with one attached hydrogen (secondary N) is 1. The van der Waals surface area contributed by atoms with Crippen LogP contribution in [0.15, 0.2) is 24.3 Å². The van der Waals surface area contributed by atoms with E-state index in [4.69, 9.17) is 9.84 Å². The molecular formula is C14H18N2O4. The van der Waals surface area contributed by atoms with E-state index < -0.39 is 12.6 Å². The fraction of sp³-hybridized carbons (Fsp3) is 0.429. The minimum absolute atomic E-state index is 0.125. The molecule has 0 aromatic heterocycles. The molecule has 0 bridgehead atoms. The summed E-state index contributed by atoms with van der Waals surface area (Å²) in [7, 11) is 0. The highest BCUT2D eigenvalue weighted by atomic mass is 16.5. The van der Waals surface area contributed by atoms with Crippen molar-refractivity contribution in [2.45, 2.75) is 19.3 Å². The molecule has 0 atom stereocenters. The Hall–Kier alpha value is -2.24. The van der Waals surface area contributed by atoms with Gasteiger partial charge in [0.05, 0.1) is 0 Å². The average Bonchev–Trinajstić information content (AvgIpc) is 2.46. The van der Waals surface area contributed by atoms with Gasteiger partial charge in [0.15, 0.2) is 6.61 Å². The first-order valence-corrected chi connectivity index (χ1v) is 6.66. The second kappa shape index (κ2) is 6.79. The van der Waals surface area contributed by atoms with Crippen molar-refractivity contribution in [1.82, 2.24) is 4.90 Å². The molecule has 0 saturated carbocycles. The number of carbonyl (C=O) groups excluding carboxylic acids is 1. The first-order valence-electron chi connectivity index (χ1n) is 6.66. The molecule has 0 spiro atoms. The molecule has 1 heterocycles. The standard InChI is InChI=1S/C14H18N2O4/c17-13(18)10-20-12-6-4-5-11(9-12)15-14(19)16-7-2-1-3-8-16/h4-6,9H,1-3,7-8,10H2,(H,15,19)(H,17,18). The highest BCUT2D eigenvalue weighted by Crippen LogP contribution is 2.18. The third kappa shape index (κ3) is 4.15. The molecule has 108 valence electrons. The molecule has 2 rings (SSSR count). The van der Waals surface area contributed by atoms with E-state index in [1.165, 1.54) is 6.42 Å². The zero-order valence-electron chi connectivity index (χ0n) is 11.2. The van der Waals surface area contributed by atoms with Gasteiger partial charge in [0.2, 0.25) is 0 Å². The van der Waals surface area contributed by atoms with Crippen LogP contribution in [0.3, 0.4) is 0 Å². The van der Waals surface area contributed by atoms with Crippen molar-refractivity contribution in [3.8, 4) is 5.75 Å². The lowest BCUT2D eigenvalue weighted by molar-refractivity contribution is -0.139. The molecule has 1 aromatic carbocycles. The summed E-state index contributed by atoms with van der Waals surface area (Å²) in [5.41, 5.74) is 0.600. The van der Waals surface area contributed by atoms with Gasteiger partial charge >= 0.3 is 12.0 Å². The molecule has 6 heteroatoms. The fourth-order valence-electron chi connectivity index (χ4n) is 2.11. The van der Waals surface area contributed by atoms with Gasteiger partial charge in [-0.05, 0) is 31.4 Å². The second-order valence-electron chi connectivity index (χ2n) is 4.69. The molecule has 2 N–H and O–H groups in total. The van der Waals surface area contributed by atoms with E-state index in [0.29, 0.717) is 11.4 Å². The van der Waals surface area contributed by atoms with Crippen LogP contribution in [0.1, 0.15) is 19.3 Å². The van der Waals surface area contributed by atoms with Crippen LogP contribution in [-0.2, 0) is 4.79 Å². The van der Waals surface area contributed by atoms with Crippen molar-refractivity contribution in [2.24, 2.45) is 0 Å². The maximum Gasteiger partial charge on any atom is 0.341 e. The summed E-state index contributed by atoms with van der Waals surface area (Å²) in [6.45, 7) is 1.16. The Bertz CT molecular complexity index is 484. The summed E-state index contributed by atoms with van der Waals surface area (Å²) in [6, 6.07) is 6.60. The van der Waals surface area contributed by atoms with E-state index in [2.05, 4.69) is 5.32 Å². The van der Waals surface area contributed by atoms with Crippen molar-refractivity contribution in [1.29, 1.82) is 0 Å². The maximum absolute atomic E-state index is 12.0. The number of hydrogen-bond donors (Lipinski definition) is 2. The fourth-order valence-corrected chi connectivity index (χ4v) is 2.11. The number of carboxylic acids is 1. The summed E-state index contributed by atoms with van der Waals surface area (Å²) in [5, 5.41) is 11.4. The van der Waals surface area contributed by atoms with Gasteiger partial charge in [0, 0.05) is 24.8 Å². The topological polar surface area (TPSA) is 78.9 Å². The third-order valence-electron chi connectivity index (χ3n) is 3.09. The summed E-state index contributed by atoms with van der Waals surface area (Å²) >= 11 is 0. The van der Waals surface area contributed by atoms with Gasteiger partial charge in [-0.25, -0.2) is 9.59 Å². The highest BCUT2D eigenvalue weighted by Gasteiger charge is 2.16. The first-order chi connectivity index (χ1) is 9.65. The summed E-state index contributed by atoms with van der Waals surface area (Å²) in [4.78, 5) is 24.3. The van der Waals surface area contributed by atoms with Gasteiger partial charge < -0.3 is 20.1 Å². The number of rotatable bonds is 4. The van der Waals surface area contributed by atoms with Gasteiger partial charge in [-0.2, -0.15) is 0 Å². The van der Waals surface area contributed by atoms with Crippen LogP contribution in [0.25, 0.3) is 0 Å². The average molecular weight is 278 g/mol. The van der Waals surface area contributed by atoms with Gasteiger partial charge in [-0.15, -0.1) is 0 Å². The number of amides is 2. The Kier molecular flexibility index (Phi) is 4.81. The smallest absolute Gasteiger partial charge is 0.341 e. The number of ether oxygens (including phenoxy) is 1. The van der Waals surface area contributed by atoms with Gasteiger partial charge in [-0.1, -0.05) is 6.07 Å². The minimum Gasteiger partial charge on any atom is -0.482 e. The van der Waals surface area contributed by atoms with Crippen molar-refractivity contribution >= 4 is 17.7 Å². The molecule has 1 aromatic rings. The molecule has 20 heavy (non-hydrogen) atoms. The number of likely N-dealkylation sites (tertiary alicyclic amines) is 1. The van der Waals surface area contributed by atoms with E-state index in [0.717, 1.165) is 25.9 Å². The zero-order valence-corrected chi connectivity index (χ0v) is 11.2. The van der Waals surface area contributed by atoms with Gasteiger partial charge in [-0.3, -0.25) is 0 Å². The molecule has 1 aliphatic rings. The lowest BCUT2D eigenvalue weighted by Crippen LogP contribution is -2.38. The summed E-state index contributed by atoms with van der Waals surface area (Å²) in [5.74, 6) is -0.614. The van der Waals surface area contributed by atoms with Crippen molar-refractivity contribution in [3.05, 3.63) is 24.3 Å². The van der Waals surface area contributed by atoms with E-state index >= 15 is 0 Å². The molecule has 1 fully saturated rings. The van der Waals surface area contributed by atoms with Crippen LogP contribution in [0.2, 0.25) is 0 Å². The molecule has 0 aliphatic carbocycles. The number of anilines is 1.